The van der Waals surface area contributed by atoms with Crippen LogP contribution in [0.4, 0.5) is 0 Å². The maximum absolute atomic E-state index is 12.2. The zero-order valence-corrected chi connectivity index (χ0v) is 17.5. The molecule has 2 aromatic rings. The second-order valence-corrected chi connectivity index (χ2v) is 7.87. The molecule has 0 aromatic heterocycles. The fraction of sp³-hybridized carbons (Fsp3) is 0.318. The largest absolute Gasteiger partial charge is 0.355 e. The number of halogens is 3. The number of amides is 1. The van der Waals surface area contributed by atoms with Crippen LogP contribution in [-0.2, 0) is 4.79 Å². The predicted octanol–water partition coefficient (Wildman–Crippen LogP) is 6.47. The molecule has 1 N–H and O–H groups in total. The first-order chi connectivity index (χ1) is 13.0. The van der Waals surface area contributed by atoms with Gasteiger partial charge in [0.15, 0.2) is 0 Å². The van der Waals surface area contributed by atoms with Crippen molar-refractivity contribution < 1.29 is 4.79 Å². The summed E-state index contributed by atoms with van der Waals surface area (Å²) in [5.74, 6) is 0.420. The molecule has 27 heavy (non-hydrogen) atoms. The van der Waals surface area contributed by atoms with Gasteiger partial charge in [0.2, 0.25) is 5.91 Å². The van der Waals surface area contributed by atoms with E-state index in [0.717, 1.165) is 11.1 Å². The number of carbonyl (C=O) groups is 1. The quantitative estimate of drug-likeness (QED) is 0.552. The van der Waals surface area contributed by atoms with E-state index in [1.54, 1.807) is 6.07 Å². The number of nitrogens with one attached hydrogen (secondary N) is 1. The number of hydrogen-bond acceptors (Lipinski definition) is 1. The molecule has 0 spiro atoms. The van der Waals surface area contributed by atoms with Crippen LogP contribution in [0.5, 0.6) is 0 Å². The first-order valence-electron chi connectivity index (χ1n) is 9.21. The summed E-state index contributed by atoms with van der Waals surface area (Å²) in [6, 6.07) is 13.5. The average Bonchev–Trinajstić information content (AvgIpc) is 3.05. The van der Waals surface area contributed by atoms with Crippen molar-refractivity contribution in [2.75, 3.05) is 6.54 Å². The van der Waals surface area contributed by atoms with Gasteiger partial charge in [-0.25, -0.2) is 0 Å². The smallest absolute Gasteiger partial charge is 0.227 e. The molecule has 0 bridgehead atoms. The Labute approximate surface area is 175 Å². The SMILES string of the molecule is CC.O=C1NCC2C1C=CC(c1ccc(Cl)cc1Cl)C2c1ccc(Cl)cc1. The van der Waals surface area contributed by atoms with E-state index in [0.29, 0.717) is 21.6 Å². The zero-order chi connectivity index (χ0) is 19.6. The molecule has 0 saturated carbocycles. The van der Waals surface area contributed by atoms with E-state index in [1.807, 2.05) is 56.3 Å². The topological polar surface area (TPSA) is 29.1 Å². The van der Waals surface area contributed by atoms with Gasteiger partial charge in [-0.3, -0.25) is 4.79 Å². The number of fused-ring (bicyclic) bond motifs is 1. The summed E-state index contributed by atoms with van der Waals surface area (Å²) < 4.78 is 0. The molecular weight excluding hydrogens is 401 g/mol. The molecule has 4 atom stereocenters. The summed E-state index contributed by atoms with van der Waals surface area (Å²) in [6.45, 7) is 4.67. The van der Waals surface area contributed by atoms with Crippen LogP contribution in [0.25, 0.3) is 0 Å². The molecule has 1 aliphatic heterocycles. The third kappa shape index (κ3) is 4.03. The van der Waals surface area contributed by atoms with Gasteiger partial charge in [0.05, 0.1) is 5.92 Å². The maximum atomic E-state index is 12.2. The van der Waals surface area contributed by atoms with Gasteiger partial charge in [-0.1, -0.05) is 79.0 Å². The molecular formula is C22H22Cl3NO. The highest BCUT2D eigenvalue weighted by atomic mass is 35.5. The first-order valence-corrected chi connectivity index (χ1v) is 10.3. The van der Waals surface area contributed by atoms with Gasteiger partial charge in [-0.15, -0.1) is 0 Å². The minimum atomic E-state index is -0.0944. The van der Waals surface area contributed by atoms with E-state index >= 15 is 0 Å². The second kappa shape index (κ2) is 8.68. The van der Waals surface area contributed by atoms with Gasteiger partial charge in [0, 0.05) is 27.5 Å². The van der Waals surface area contributed by atoms with Gasteiger partial charge in [-0.05, 0) is 47.2 Å². The lowest BCUT2D eigenvalue weighted by molar-refractivity contribution is -0.121. The van der Waals surface area contributed by atoms with Gasteiger partial charge in [-0.2, -0.15) is 0 Å². The molecule has 1 amide bonds. The van der Waals surface area contributed by atoms with Gasteiger partial charge >= 0.3 is 0 Å². The average molecular weight is 423 g/mol. The normalized spacial score (nSPS) is 26.0. The van der Waals surface area contributed by atoms with E-state index in [1.165, 1.54) is 0 Å². The standard InChI is InChI=1S/C20H16Cl3NO.C2H6/c21-12-3-1-11(2-4-12)19-15(14-6-5-13(22)9-18(14)23)7-8-16-17(19)10-24-20(16)25;1-2/h1-9,15-17,19H,10H2,(H,24,25);1-2H3. The molecule has 1 fully saturated rings. The summed E-state index contributed by atoms with van der Waals surface area (Å²) in [6.07, 6.45) is 4.13. The van der Waals surface area contributed by atoms with Gasteiger partial charge in [0.25, 0.3) is 0 Å². The molecule has 1 saturated heterocycles. The molecule has 4 rings (SSSR count). The predicted molar refractivity (Wildman–Crippen MR) is 114 cm³/mol. The highest BCUT2D eigenvalue weighted by Crippen LogP contribution is 2.49. The van der Waals surface area contributed by atoms with Crippen molar-refractivity contribution in [2.24, 2.45) is 11.8 Å². The lowest BCUT2D eigenvalue weighted by Crippen LogP contribution is -2.29. The number of rotatable bonds is 2. The lowest BCUT2D eigenvalue weighted by atomic mass is 9.67. The molecule has 4 unspecified atom stereocenters. The zero-order valence-electron chi connectivity index (χ0n) is 15.3. The van der Waals surface area contributed by atoms with Crippen LogP contribution in [0.2, 0.25) is 15.1 Å². The molecule has 2 aromatic carbocycles. The highest BCUT2D eigenvalue weighted by Gasteiger charge is 2.44. The minimum absolute atomic E-state index is 0.0832. The molecule has 1 aliphatic carbocycles. The molecule has 0 radical (unpaired) electrons. The Bertz CT molecular complexity index is 847. The number of carbonyl (C=O) groups excluding carboxylic acids is 1. The fourth-order valence-corrected chi connectivity index (χ4v) is 4.73. The van der Waals surface area contributed by atoms with Crippen molar-refractivity contribution in [3.8, 4) is 0 Å². The van der Waals surface area contributed by atoms with E-state index in [2.05, 4.69) is 11.4 Å². The van der Waals surface area contributed by atoms with E-state index in [9.17, 15) is 4.79 Å². The Balaban J connectivity index is 0.00000102. The maximum Gasteiger partial charge on any atom is 0.227 e. The molecule has 1 heterocycles. The van der Waals surface area contributed by atoms with Crippen molar-refractivity contribution in [1.29, 1.82) is 0 Å². The Morgan fingerprint density at radius 3 is 2.19 bits per heavy atom. The Kier molecular flexibility index (Phi) is 6.52. The monoisotopic (exact) mass is 421 g/mol. The van der Waals surface area contributed by atoms with Crippen molar-refractivity contribution in [3.63, 3.8) is 0 Å². The Morgan fingerprint density at radius 1 is 0.889 bits per heavy atom. The van der Waals surface area contributed by atoms with Gasteiger partial charge < -0.3 is 5.32 Å². The summed E-state index contributed by atoms with van der Waals surface area (Å²) >= 11 is 18.6. The van der Waals surface area contributed by atoms with E-state index < -0.39 is 0 Å². The fourth-order valence-electron chi connectivity index (χ4n) is 4.07. The van der Waals surface area contributed by atoms with Crippen LogP contribution in [0, 0.1) is 11.8 Å². The van der Waals surface area contributed by atoms with Crippen LogP contribution < -0.4 is 5.32 Å². The molecule has 5 heteroatoms. The molecule has 2 nitrogen and oxygen atoms in total. The molecule has 142 valence electrons. The summed E-state index contributed by atoms with van der Waals surface area (Å²) in [7, 11) is 0. The Hall–Kier alpha value is -1.48. The van der Waals surface area contributed by atoms with Crippen LogP contribution in [-0.4, -0.2) is 12.5 Å². The first kappa shape index (κ1) is 20.3. The second-order valence-electron chi connectivity index (χ2n) is 6.59. The van der Waals surface area contributed by atoms with Crippen LogP contribution in [0.1, 0.15) is 36.8 Å². The third-order valence-electron chi connectivity index (χ3n) is 5.23. The van der Waals surface area contributed by atoms with Crippen molar-refractivity contribution in [3.05, 3.63) is 80.8 Å². The number of benzene rings is 2. The summed E-state index contributed by atoms with van der Waals surface area (Å²) in [5.41, 5.74) is 2.19. The van der Waals surface area contributed by atoms with E-state index in [4.69, 9.17) is 34.8 Å². The number of allylic oxidation sites excluding steroid dienone is 1. The summed E-state index contributed by atoms with van der Waals surface area (Å²) in [4.78, 5) is 12.2. The minimum Gasteiger partial charge on any atom is -0.355 e. The highest BCUT2D eigenvalue weighted by molar-refractivity contribution is 6.35. The van der Waals surface area contributed by atoms with E-state index in [-0.39, 0.29) is 29.6 Å². The number of hydrogen-bond donors (Lipinski definition) is 1. The van der Waals surface area contributed by atoms with Crippen LogP contribution in [0.15, 0.2) is 54.6 Å². The Morgan fingerprint density at radius 2 is 1.52 bits per heavy atom. The third-order valence-corrected chi connectivity index (χ3v) is 6.04. The van der Waals surface area contributed by atoms with Crippen LogP contribution in [0.3, 0.4) is 0 Å². The van der Waals surface area contributed by atoms with Crippen molar-refractivity contribution in [1.82, 2.24) is 5.32 Å². The lowest BCUT2D eigenvalue weighted by Gasteiger charge is -2.36. The van der Waals surface area contributed by atoms with Crippen LogP contribution >= 0.6 is 34.8 Å². The summed E-state index contributed by atoms with van der Waals surface area (Å²) in [5, 5.41) is 4.97. The van der Waals surface area contributed by atoms with Gasteiger partial charge in [0.1, 0.15) is 0 Å². The van der Waals surface area contributed by atoms with Crippen molar-refractivity contribution >= 4 is 40.7 Å². The van der Waals surface area contributed by atoms with Crippen molar-refractivity contribution in [2.45, 2.75) is 25.7 Å². The molecule has 2 aliphatic rings.